The van der Waals surface area contributed by atoms with Crippen molar-refractivity contribution in [2.75, 3.05) is 19.6 Å². The Balaban J connectivity index is 1.69. The minimum absolute atomic E-state index is 0.363. The molecule has 4 rings (SSSR count). The second kappa shape index (κ2) is 7.16. The van der Waals surface area contributed by atoms with E-state index in [4.69, 9.17) is 23.2 Å². The summed E-state index contributed by atoms with van der Waals surface area (Å²) in [6.07, 6.45) is 3.51. The SMILES string of the molecule is O[C@H](Cn1c2ccc(Cl)cc2c2cc(Cl)ccc21)C[NH+]1CCCCC1. The van der Waals surface area contributed by atoms with Crippen molar-refractivity contribution in [1.29, 1.82) is 0 Å². The van der Waals surface area contributed by atoms with E-state index in [0.29, 0.717) is 16.6 Å². The smallest absolute Gasteiger partial charge is 0.121 e. The standard InChI is InChI=1S/C20H22Cl2N2O/c21-14-4-6-19-17(10-14)18-11-15(22)5-7-20(18)24(19)13-16(25)12-23-8-2-1-3-9-23/h4-7,10-11,16,25H,1-3,8-9,12-13H2/p+1/t16-/m0/s1. The molecule has 0 amide bonds. The molecule has 2 heterocycles. The maximum atomic E-state index is 10.7. The molecule has 2 aromatic carbocycles. The third-order valence-electron chi connectivity index (χ3n) is 5.27. The predicted molar refractivity (Wildman–Crippen MR) is 105 cm³/mol. The first-order valence-corrected chi connectivity index (χ1v) is 9.76. The maximum absolute atomic E-state index is 10.7. The van der Waals surface area contributed by atoms with Gasteiger partial charge in [0.2, 0.25) is 0 Å². The first kappa shape index (κ1) is 17.2. The van der Waals surface area contributed by atoms with Crippen molar-refractivity contribution in [3.8, 4) is 0 Å². The van der Waals surface area contributed by atoms with Crippen molar-refractivity contribution in [3.05, 3.63) is 46.4 Å². The van der Waals surface area contributed by atoms with Gasteiger partial charge in [0.15, 0.2) is 0 Å². The zero-order valence-corrected chi connectivity index (χ0v) is 15.7. The lowest BCUT2D eigenvalue weighted by atomic mass is 10.1. The number of likely N-dealkylation sites (tertiary alicyclic amines) is 1. The van der Waals surface area contributed by atoms with E-state index in [0.717, 1.165) is 28.4 Å². The predicted octanol–water partition coefficient (Wildman–Crippen LogP) is 3.53. The van der Waals surface area contributed by atoms with Crippen LogP contribution in [0.25, 0.3) is 21.8 Å². The number of nitrogens with zero attached hydrogens (tertiary/aromatic N) is 1. The quantitative estimate of drug-likeness (QED) is 0.715. The zero-order chi connectivity index (χ0) is 17.4. The highest BCUT2D eigenvalue weighted by molar-refractivity contribution is 6.33. The second-order valence-corrected chi connectivity index (χ2v) is 7.98. The Morgan fingerprint density at radius 2 is 1.48 bits per heavy atom. The summed E-state index contributed by atoms with van der Waals surface area (Å²) in [6.45, 7) is 3.75. The van der Waals surface area contributed by atoms with Crippen LogP contribution in [0.4, 0.5) is 0 Å². The fraction of sp³-hybridized carbons (Fsp3) is 0.400. The van der Waals surface area contributed by atoms with Gasteiger partial charge >= 0.3 is 0 Å². The molecule has 1 aliphatic rings. The number of hydrogen-bond acceptors (Lipinski definition) is 1. The lowest BCUT2D eigenvalue weighted by molar-refractivity contribution is -0.908. The largest absolute Gasteiger partial charge is 0.385 e. The van der Waals surface area contributed by atoms with Crippen LogP contribution < -0.4 is 4.90 Å². The molecule has 1 fully saturated rings. The summed E-state index contributed by atoms with van der Waals surface area (Å²) >= 11 is 12.4. The topological polar surface area (TPSA) is 29.6 Å². The van der Waals surface area contributed by atoms with Crippen LogP contribution >= 0.6 is 23.2 Å². The molecule has 1 aliphatic heterocycles. The Labute approximate surface area is 157 Å². The van der Waals surface area contributed by atoms with Gasteiger partial charge < -0.3 is 14.6 Å². The highest BCUT2D eigenvalue weighted by Gasteiger charge is 2.20. The van der Waals surface area contributed by atoms with E-state index in [1.165, 1.54) is 37.3 Å². The molecule has 3 aromatic rings. The summed E-state index contributed by atoms with van der Waals surface area (Å²) in [4.78, 5) is 1.52. The van der Waals surface area contributed by atoms with Crippen LogP contribution in [0.2, 0.25) is 10.0 Å². The summed E-state index contributed by atoms with van der Waals surface area (Å²) in [6, 6.07) is 11.8. The molecule has 0 aliphatic carbocycles. The van der Waals surface area contributed by atoms with Crippen LogP contribution in [0.1, 0.15) is 19.3 Å². The van der Waals surface area contributed by atoms with Gasteiger partial charge in [0.1, 0.15) is 12.6 Å². The summed E-state index contributed by atoms with van der Waals surface area (Å²) in [5.74, 6) is 0. The van der Waals surface area contributed by atoms with Crippen molar-refractivity contribution in [1.82, 2.24) is 4.57 Å². The molecular weight excluding hydrogens is 355 g/mol. The van der Waals surface area contributed by atoms with Crippen LogP contribution in [-0.4, -0.2) is 35.4 Å². The van der Waals surface area contributed by atoms with Gasteiger partial charge in [-0.05, 0) is 55.7 Å². The first-order valence-electron chi connectivity index (χ1n) is 9.00. The van der Waals surface area contributed by atoms with E-state index < -0.39 is 0 Å². The summed E-state index contributed by atoms with van der Waals surface area (Å²) in [5.41, 5.74) is 2.18. The van der Waals surface area contributed by atoms with Crippen molar-refractivity contribution < 1.29 is 10.0 Å². The van der Waals surface area contributed by atoms with Gasteiger partial charge in [-0.15, -0.1) is 0 Å². The average Bonchev–Trinajstić information content (AvgIpc) is 2.88. The molecule has 0 spiro atoms. The molecule has 1 atom stereocenters. The van der Waals surface area contributed by atoms with Crippen molar-refractivity contribution in [2.24, 2.45) is 0 Å². The van der Waals surface area contributed by atoms with E-state index in [9.17, 15) is 5.11 Å². The minimum Gasteiger partial charge on any atom is -0.385 e. The maximum Gasteiger partial charge on any atom is 0.121 e. The number of aromatic nitrogens is 1. The van der Waals surface area contributed by atoms with Gasteiger partial charge in [0, 0.05) is 31.9 Å². The van der Waals surface area contributed by atoms with Gasteiger partial charge in [-0.2, -0.15) is 0 Å². The van der Waals surface area contributed by atoms with Crippen molar-refractivity contribution in [2.45, 2.75) is 31.9 Å². The van der Waals surface area contributed by atoms with E-state index in [1.54, 1.807) is 0 Å². The molecule has 0 bridgehead atoms. The Bertz CT molecular complexity index is 840. The van der Waals surface area contributed by atoms with Gasteiger partial charge in [-0.25, -0.2) is 0 Å². The van der Waals surface area contributed by atoms with E-state index in [-0.39, 0.29) is 6.10 Å². The molecule has 25 heavy (non-hydrogen) atoms. The van der Waals surface area contributed by atoms with Crippen molar-refractivity contribution >= 4 is 45.0 Å². The number of fused-ring (bicyclic) bond motifs is 3. The molecule has 1 aromatic heterocycles. The molecule has 5 heteroatoms. The Morgan fingerprint density at radius 3 is 2.04 bits per heavy atom. The van der Waals surface area contributed by atoms with Gasteiger partial charge in [-0.3, -0.25) is 0 Å². The highest BCUT2D eigenvalue weighted by Crippen LogP contribution is 2.32. The number of aliphatic hydroxyl groups is 1. The third-order valence-corrected chi connectivity index (χ3v) is 5.74. The number of benzene rings is 2. The monoisotopic (exact) mass is 377 g/mol. The molecule has 1 saturated heterocycles. The van der Waals surface area contributed by atoms with E-state index >= 15 is 0 Å². The third kappa shape index (κ3) is 3.52. The summed E-state index contributed by atoms with van der Waals surface area (Å²) in [5, 5.41) is 14.3. The summed E-state index contributed by atoms with van der Waals surface area (Å²) < 4.78 is 2.20. The summed E-state index contributed by atoms with van der Waals surface area (Å²) in [7, 11) is 0. The number of halogens is 2. The van der Waals surface area contributed by atoms with Crippen molar-refractivity contribution in [3.63, 3.8) is 0 Å². The van der Waals surface area contributed by atoms with Crippen LogP contribution in [0.3, 0.4) is 0 Å². The molecule has 2 N–H and O–H groups in total. The number of rotatable bonds is 4. The molecular formula is C20H23Cl2N2O+. The molecule has 3 nitrogen and oxygen atoms in total. The Hall–Kier alpha value is -1.26. The fourth-order valence-corrected chi connectivity index (χ4v) is 4.45. The number of hydrogen-bond donors (Lipinski definition) is 2. The lowest BCUT2D eigenvalue weighted by Gasteiger charge is -2.26. The fourth-order valence-electron chi connectivity index (χ4n) is 4.11. The van der Waals surface area contributed by atoms with Gasteiger partial charge in [-0.1, -0.05) is 23.2 Å². The van der Waals surface area contributed by atoms with Crippen LogP contribution in [0, 0.1) is 0 Å². The number of quaternary nitrogens is 1. The molecule has 0 radical (unpaired) electrons. The lowest BCUT2D eigenvalue weighted by Crippen LogP contribution is -3.13. The number of nitrogens with one attached hydrogen (secondary N) is 1. The Morgan fingerprint density at radius 1 is 0.920 bits per heavy atom. The molecule has 0 saturated carbocycles. The van der Waals surface area contributed by atoms with E-state index in [2.05, 4.69) is 4.57 Å². The minimum atomic E-state index is -0.363. The Kier molecular flexibility index (Phi) is 4.92. The normalized spacial score (nSPS) is 17.4. The molecule has 0 unspecified atom stereocenters. The van der Waals surface area contributed by atoms with Crippen LogP contribution in [0.5, 0.6) is 0 Å². The van der Waals surface area contributed by atoms with Crippen LogP contribution in [-0.2, 0) is 6.54 Å². The first-order chi connectivity index (χ1) is 12.1. The number of aliphatic hydroxyl groups excluding tert-OH is 1. The average molecular weight is 378 g/mol. The van der Waals surface area contributed by atoms with Gasteiger partial charge in [0.25, 0.3) is 0 Å². The zero-order valence-electron chi connectivity index (χ0n) is 14.1. The highest BCUT2D eigenvalue weighted by atomic mass is 35.5. The van der Waals surface area contributed by atoms with Gasteiger partial charge in [0.05, 0.1) is 19.6 Å². The molecule has 132 valence electrons. The van der Waals surface area contributed by atoms with Crippen LogP contribution in [0.15, 0.2) is 36.4 Å². The van der Waals surface area contributed by atoms with E-state index in [1.807, 2.05) is 36.4 Å². The number of piperidine rings is 1. The second-order valence-electron chi connectivity index (χ2n) is 7.10.